The summed E-state index contributed by atoms with van der Waals surface area (Å²) in [5, 5.41) is 10.7. The molecule has 2 aromatic heterocycles. The van der Waals surface area contributed by atoms with E-state index in [1.807, 2.05) is 25.1 Å². The van der Waals surface area contributed by atoms with Crippen LogP contribution in [0.2, 0.25) is 0 Å². The number of anilines is 2. The predicted molar refractivity (Wildman–Crippen MR) is 116 cm³/mol. The normalized spacial score (nSPS) is 19.1. The number of hydrogen-bond donors (Lipinski definition) is 3. The first-order valence-electron chi connectivity index (χ1n) is 10.3. The largest absolute Gasteiger partial charge is 0.383 e. The van der Waals surface area contributed by atoms with Crippen molar-refractivity contribution in [3.63, 3.8) is 0 Å². The number of piperidine rings is 1. The van der Waals surface area contributed by atoms with Gasteiger partial charge in [0.1, 0.15) is 5.82 Å². The number of benzene rings is 1. The average Bonchev–Trinajstić information content (AvgIpc) is 3.22. The molecule has 0 unspecified atom stereocenters. The molecule has 8 heteroatoms. The summed E-state index contributed by atoms with van der Waals surface area (Å²) in [4.78, 5) is 31.7. The summed E-state index contributed by atoms with van der Waals surface area (Å²) in [6, 6.07) is 7.61. The highest BCUT2D eigenvalue weighted by molar-refractivity contribution is 6.39. The maximum Gasteiger partial charge on any atom is 0.313 e. The second-order valence-electron chi connectivity index (χ2n) is 7.95. The fourth-order valence-corrected chi connectivity index (χ4v) is 4.08. The lowest BCUT2D eigenvalue weighted by atomic mass is 9.89. The predicted octanol–water partition coefficient (Wildman–Crippen LogP) is 3.04. The summed E-state index contributed by atoms with van der Waals surface area (Å²) in [7, 11) is 0. The standard InChI is InChI=1S/C22H26N6O2/c1-3-14-9-17(11-24-20(14)23)26-21(29)22(30)28-12-13(2)4-7-19(28)15-5-6-18-16(8-15)10-25-27-18/h5-6,8-11,13,19H,3-4,7,12H2,1-2H3,(H2,23,24)(H,25,27)(H,26,29)/t13-,19+/m1/s1. The summed E-state index contributed by atoms with van der Waals surface area (Å²) in [5.74, 6) is -0.428. The number of nitrogens with one attached hydrogen (secondary N) is 2. The van der Waals surface area contributed by atoms with Crippen molar-refractivity contribution < 1.29 is 9.59 Å². The minimum atomic E-state index is -0.660. The number of amides is 2. The van der Waals surface area contributed by atoms with Gasteiger partial charge < -0.3 is 16.0 Å². The van der Waals surface area contributed by atoms with E-state index in [-0.39, 0.29) is 6.04 Å². The van der Waals surface area contributed by atoms with Gasteiger partial charge in [0.05, 0.1) is 29.6 Å². The van der Waals surface area contributed by atoms with Crippen LogP contribution in [0.4, 0.5) is 11.5 Å². The van der Waals surface area contributed by atoms with Crippen molar-refractivity contribution in [3.05, 3.63) is 47.8 Å². The molecule has 1 saturated heterocycles. The van der Waals surface area contributed by atoms with E-state index in [1.54, 1.807) is 17.2 Å². The van der Waals surface area contributed by atoms with Crippen LogP contribution in [0.1, 0.15) is 43.9 Å². The van der Waals surface area contributed by atoms with E-state index in [9.17, 15) is 9.59 Å². The number of carbonyl (C=O) groups excluding carboxylic acids is 2. The number of aromatic nitrogens is 3. The van der Waals surface area contributed by atoms with Gasteiger partial charge in [-0.1, -0.05) is 19.9 Å². The average molecular weight is 406 g/mol. The number of pyridine rings is 1. The quantitative estimate of drug-likeness (QED) is 0.578. The molecule has 0 radical (unpaired) electrons. The van der Waals surface area contributed by atoms with Crippen molar-refractivity contribution in [3.8, 4) is 0 Å². The number of rotatable bonds is 3. The number of fused-ring (bicyclic) bond motifs is 1. The summed E-state index contributed by atoms with van der Waals surface area (Å²) in [6.07, 6.45) is 5.75. The molecular formula is C22H26N6O2. The van der Waals surface area contributed by atoms with Gasteiger partial charge in [0, 0.05) is 11.9 Å². The van der Waals surface area contributed by atoms with Crippen LogP contribution in [-0.2, 0) is 16.0 Å². The van der Waals surface area contributed by atoms with Crippen molar-refractivity contribution in [1.82, 2.24) is 20.1 Å². The first kappa shape index (κ1) is 19.9. The zero-order valence-electron chi connectivity index (χ0n) is 17.2. The van der Waals surface area contributed by atoms with E-state index in [4.69, 9.17) is 5.73 Å². The maximum atomic E-state index is 13.1. The summed E-state index contributed by atoms with van der Waals surface area (Å²) < 4.78 is 0. The van der Waals surface area contributed by atoms with E-state index in [0.717, 1.165) is 34.9 Å². The number of aromatic amines is 1. The second kappa shape index (κ2) is 8.14. The van der Waals surface area contributed by atoms with Crippen LogP contribution >= 0.6 is 0 Å². The lowest BCUT2D eigenvalue weighted by Crippen LogP contribution is -2.46. The number of carbonyl (C=O) groups is 2. The van der Waals surface area contributed by atoms with Crippen LogP contribution in [0.15, 0.2) is 36.7 Å². The summed E-state index contributed by atoms with van der Waals surface area (Å²) in [5.41, 5.74) is 9.09. The molecule has 4 rings (SSSR count). The monoisotopic (exact) mass is 406 g/mol. The minimum absolute atomic E-state index is 0.144. The smallest absolute Gasteiger partial charge is 0.313 e. The van der Waals surface area contributed by atoms with Crippen LogP contribution in [0.25, 0.3) is 10.9 Å². The molecule has 1 aliphatic rings. The number of hydrogen-bond acceptors (Lipinski definition) is 5. The first-order valence-corrected chi connectivity index (χ1v) is 10.3. The first-order chi connectivity index (χ1) is 14.5. The molecular weight excluding hydrogens is 380 g/mol. The highest BCUT2D eigenvalue weighted by atomic mass is 16.2. The Labute approximate surface area is 174 Å². The molecule has 1 aliphatic heterocycles. The Bertz CT molecular complexity index is 1090. The van der Waals surface area contributed by atoms with E-state index in [2.05, 4.69) is 27.4 Å². The number of nitrogens with two attached hydrogens (primary N) is 1. The summed E-state index contributed by atoms with van der Waals surface area (Å²) >= 11 is 0. The fraction of sp³-hybridized carbons (Fsp3) is 0.364. The molecule has 2 atom stereocenters. The third-order valence-electron chi connectivity index (χ3n) is 5.76. The SMILES string of the molecule is CCc1cc(NC(=O)C(=O)N2C[C@H](C)CC[C@H]2c2ccc3[nH]ncc3c2)cnc1N. The molecule has 2 amide bonds. The van der Waals surface area contributed by atoms with Crippen molar-refractivity contribution in [2.24, 2.45) is 5.92 Å². The van der Waals surface area contributed by atoms with E-state index >= 15 is 0 Å². The molecule has 3 heterocycles. The minimum Gasteiger partial charge on any atom is -0.383 e. The van der Waals surface area contributed by atoms with Crippen molar-refractivity contribution >= 4 is 34.2 Å². The molecule has 0 spiro atoms. The van der Waals surface area contributed by atoms with E-state index in [0.29, 0.717) is 30.4 Å². The van der Waals surface area contributed by atoms with Gasteiger partial charge in [0.2, 0.25) is 0 Å². The van der Waals surface area contributed by atoms with Crippen LogP contribution in [0, 0.1) is 5.92 Å². The number of H-pyrrole nitrogens is 1. The van der Waals surface area contributed by atoms with Crippen molar-refractivity contribution in [2.75, 3.05) is 17.6 Å². The molecule has 3 aromatic rings. The van der Waals surface area contributed by atoms with Gasteiger partial charge in [0.15, 0.2) is 0 Å². The van der Waals surface area contributed by atoms with E-state index in [1.165, 1.54) is 6.20 Å². The number of likely N-dealkylation sites (tertiary alicyclic amines) is 1. The fourth-order valence-electron chi connectivity index (χ4n) is 4.08. The van der Waals surface area contributed by atoms with E-state index < -0.39 is 11.8 Å². The van der Waals surface area contributed by atoms with Crippen molar-refractivity contribution in [1.29, 1.82) is 0 Å². The molecule has 156 valence electrons. The molecule has 0 saturated carbocycles. The number of nitrogens with zero attached hydrogens (tertiary/aromatic N) is 3. The topological polar surface area (TPSA) is 117 Å². The summed E-state index contributed by atoms with van der Waals surface area (Å²) in [6.45, 7) is 4.60. The Kier molecular flexibility index (Phi) is 5.39. The third-order valence-corrected chi connectivity index (χ3v) is 5.76. The van der Waals surface area contributed by atoms with Gasteiger partial charge >= 0.3 is 11.8 Å². The molecule has 1 aromatic carbocycles. The Hall–Kier alpha value is -3.42. The van der Waals surface area contributed by atoms with Crippen LogP contribution in [0.5, 0.6) is 0 Å². The Morgan fingerprint density at radius 2 is 2.10 bits per heavy atom. The molecule has 4 N–H and O–H groups in total. The molecule has 0 bridgehead atoms. The Balaban J connectivity index is 1.56. The lowest BCUT2D eigenvalue weighted by Gasteiger charge is -2.38. The van der Waals surface area contributed by atoms with Crippen LogP contribution in [0.3, 0.4) is 0 Å². The van der Waals surface area contributed by atoms with Gasteiger partial charge in [-0.25, -0.2) is 4.98 Å². The Morgan fingerprint density at radius 1 is 1.27 bits per heavy atom. The number of aryl methyl sites for hydroxylation is 1. The molecule has 30 heavy (non-hydrogen) atoms. The van der Waals surface area contributed by atoms with Gasteiger partial charge in [-0.2, -0.15) is 5.10 Å². The van der Waals surface area contributed by atoms with Crippen LogP contribution < -0.4 is 11.1 Å². The Morgan fingerprint density at radius 3 is 2.90 bits per heavy atom. The van der Waals surface area contributed by atoms with Crippen molar-refractivity contribution in [2.45, 2.75) is 39.2 Å². The lowest BCUT2D eigenvalue weighted by molar-refractivity contribution is -0.146. The van der Waals surface area contributed by atoms with Gasteiger partial charge in [0.25, 0.3) is 0 Å². The highest BCUT2D eigenvalue weighted by Gasteiger charge is 2.34. The van der Waals surface area contributed by atoms with Gasteiger partial charge in [-0.05, 0) is 54.5 Å². The van der Waals surface area contributed by atoms with Crippen LogP contribution in [-0.4, -0.2) is 38.4 Å². The van der Waals surface area contributed by atoms with Gasteiger partial charge in [-0.3, -0.25) is 14.7 Å². The maximum absolute atomic E-state index is 13.1. The van der Waals surface area contributed by atoms with Gasteiger partial charge in [-0.15, -0.1) is 0 Å². The highest BCUT2D eigenvalue weighted by Crippen LogP contribution is 2.34. The third kappa shape index (κ3) is 3.85. The number of nitrogen functional groups attached to an aromatic ring is 1. The zero-order valence-corrected chi connectivity index (χ0v) is 17.2. The molecule has 1 fully saturated rings. The molecule has 8 nitrogen and oxygen atoms in total. The zero-order chi connectivity index (χ0) is 21.3. The second-order valence-corrected chi connectivity index (χ2v) is 7.95. The molecule has 0 aliphatic carbocycles.